The van der Waals surface area contributed by atoms with Gasteiger partial charge < -0.3 is 10.3 Å². The monoisotopic (exact) mass is 202 g/mol. The van der Waals surface area contributed by atoms with E-state index in [0.717, 1.165) is 6.54 Å². The van der Waals surface area contributed by atoms with Gasteiger partial charge in [0.05, 0.1) is 0 Å². The summed E-state index contributed by atoms with van der Waals surface area (Å²) in [5.74, 6) is 0.594. The van der Waals surface area contributed by atoms with E-state index in [0.29, 0.717) is 5.92 Å². The molecule has 0 fully saturated rings. The second-order valence-electron chi connectivity index (χ2n) is 4.33. The molecule has 0 spiro atoms. The van der Waals surface area contributed by atoms with Crippen molar-refractivity contribution in [2.75, 3.05) is 7.05 Å². The Morgan fingerprint density at radius 2 is 2.07 bits per heavy atom. The minimum Gasteiger partial charge on any atom is -0.357 e. The molecule has 1 heterocycles. The van der Waals surface area contributed by atoms with Gasteiger partial charge in [0, 0.05) is 17.8 Å². The van der Waals surface area contributed by atoms with Crippen molar-refractivity contribution in [3.8, 4) is 0 Å². The Morgan fingerprint density at radius 3 is 2.73 bits per heavy atom. The number of hydrogen-bond donors (Lipinski definition) is 2. The maximum Gasteiger partial charge on any atom is 0.0456 e. The van der Waals surface area contributed by atoms with Crippen LogP contribution in [0.15, 0.2) is 24.3 Å². The number of nitrogens with one attached hydrogen (secondary N) is 2. The van der Waals surface area contributed by atoms with E-state index in [4.69, 9.17) is 0 Å². The lowest BCUT2D eigenvalue weighted by molar-refractivity contribution is 0.800. The summed E-state index contributed by atoms with van der Waals surface area (Å²) >= 11 is 0. The Kier molecular flexibility index (Phi) is 2.78. The number of aromatic nitrogens is 1. The molecule has 2 rings (SSSR count). The Bertz CT molecular complexity index is 455. The SMILES string of the molecule is CNCc1cc2cc(C(C)C)ccc2[nH]1. The smallest absolute Gasteiger partial charge is 0.0456 e. The molecule has 2 aromatic rings. The number of fused-ring (bicyclic) bond motifs is 1. The Balaban J connectivity index is 2.43. The largest absolute Gasteiger partial charge is 0.357 e. The van der Waals surface area contributed by atoms with E-state index < -0.39 is 0 Å². The fourth-order valence-corrected chi connectivity index (χ4v) is 1.86. The van der Waals surface area contributed by atoms with Crippen LogP contribution in [0.25, 0.3) is 10.9 Å². The molecule has 80 valence electrons. The highest BCUT2D eigenvalue weighted by atomic mass is 14.9. The van der Waals surface area contributed by atoms with Crippen LogP contribution >= 0.6 is 0 Å². The molecule has 15 heavy (non-hydrogen) atoms. The molecule has 0 radical (unpaired) electrons. The summed E-state index contributed by atoms with van der Waals surface area (Å²) < 4.78 is 0. The summed E-state index contributed by atoms with van der Waals surface area (Å²) in [7, 11) is 1.96. The van der Waals surface area contributed by atoms with E-state index >= 15 is 0 Å². The summed E-state index contributed by atoms with van der Waals surface area (Å²) in [5, 5.41) is 4.46. The predicted octanol–water partition coefficient (Wildman–Crippen LogP) is 3.01. The lowest BCUT2D eigenvalue weighted by Crippen LogP contribution is -2.04. The van der Waals surface area contributed by atoms with Crippen LogP contribution in [0.5, 0.6) is 0 Å². The number of benzene rings is 1. The van der Waals surface area contributed by atoms with Crippen LogP contribution < -0.4 is 5.32 Å². The normalized spacial score (nSPS) is 11.5. The average molecular weight is 202 g/mol. The van der Waals surface area contributed by atoms with Crippen molar-refractivity contribution < 1.29 is 0 Å². The highest BCUT2D eigenvalue weighted by molar-refractivity contribution is 5.81. The van der Waals surface area contributed by atoms with Gasteiger partial charge in [-0.15, -0.1) is 0 Å². The number of rotatable bonds is 3. The summed E-state index contributed by atoms with van der Waals surface area (Å²) in [6.45, 7) is 5.34. The molecular formula is C13H18N2. The first kappa shape index (κ1) is 10.2. The highest BCUT2D eigenvalue weighted by Crippen LogP contribution is 2.21. The molecule has 0 saturated carbocycles. The third-order valence-corrected chi connectivity index (χ3v) is 2.73. The molecule has 0 aliphatic rings. The fourth-order valence-electron chi connectivity index (χ4n) is 1.86. The Labute approximate surface area is 90.7 Å². The van der Waals surface area contributed by atoms with Crippen LogP contribution in [-0.2, 0) is 6.54 Å². The number of hydrogen-bond acceptors (Lipinski definition) is 1. The van der Waals surface area contributed by atoms with Gasteiger partial charge in [-0.2, -0.15) is 0 Å². The van der Waals surface area contributed by atoms with E-state index in [1.54, 1.807) is 0 Å². The van der Waals surface area contributed by atoms with Crippen molar-refractivity contribution in [2.24, 2.45) is 0 Å². The van der Waals surface area contributed by atoms with E-state index in [1.165, 1.54) is 22.2 Å². The molecule has 2 N–H and O–H groups in total. The molecule has 0 aliphatic heterocycles. The molecule has 1 aromatic carbocycles. The topological polar surface area (TPSA) is 27.8 Å². The van der Waals surface area contributed by atoms with Crippen LogP contribution in [0.2, 0.25) is 0 Å². The van der Waals surface area contributed by atoms with E-state index in [9.17, 15) is 0 Å². The van der Waals surface area contributed by atoms with Crippen LogP contribution in [0.1, 0.15) is 31.0 Å². The molecular weight excluding hydrogens is 184 g/mol. The first-order valence-electron chi connectivity index (χ1n) is 5.47. The zero-order valence-corrected chi connectivity index (χ0v) is 9.59. The number of aromatic amines is 1. The molecule has 2 nitrogen and oxygen atoms in total. The van der Waals surface area contributed by atoms with Crippen LogP contribution in [0.3, 0.4) is 0 Å². The van der Waals surface area contributed by atoms with Crippen LogP contribution in [0, 0.1) is 0 Å². The van der Waals surface area contributed by atoms with Crippen molar-refractivity contribution in [2.45, 2.75) is 26.3 Å². The van der Waals surface area contributed by atoms with Crippen molar-refractivity contribution in [1.82, 2.24) is 10.3 Å². The van der Waals surface area contributed by atoms with Crippen LogP contribution in [-0.4, -0.2) is 12.0 Å². The third-order valence-electron chi connectivity index (χ3n) is 2.73. The van der Waals surface area contributed by atoms with Crippen molar-refractivity contribution in [3.63, 3.8) is 0 Å². The maximum absolute atomic E-state index is 3.40. The lowest BCUT2D eigenvalue weighted by atomic mass is 10.0. The first-order chi connectivity index (χ1) is 7.20. The minimum atomic E-state index is 0.594. The van der Waals surface area contributed by atoms with Gasteiger partial charge in [-0.05, 0) is 42.1 Å². The maximum atomic E-state index is 3.40. The van der Waals surface area contributed by atoms with Crippen molar-refractivity contribution >= 4 is 10.9 Å². The second kappa shape index (κ2) is 4.07. The molecule has 0 aliphatic carbocycles. The van der Waals surface area contributed by atoms with Gasteiger partial charge in [0.2, 0.25) is 0 Å². The third kappa shape index (κ3) is 2.05. The molecule has 0 atom stereocenters. The van der Waals surface area contributed by atoms with E-state index in [-0.39, 0.29) is 0 Å². The molecule has 0 bridgehead atoms. The molecule has 0 unspecified atom stereocenters. The molecule has 0 saturated heterocycles. The molecule has 1 aromatic heterocycles. The minimum absolute atomic E-state index is 0.594. The van der Waals surface area contributed by atoms with E-state index in [2.05, 4.69) is 48.4 Å². The lowest BCUT2D eigenvalue weighted by Gasteiger charge is -2.03. The van der Waals surface area contributed by atoms with Gasteiger partial charge in [-0.3, -0.25) is 0 Å². The quantitative estimate of drug-likeness (QED) is 0.786. The van der Waals surface area contributed by atoms with Gasteiger partial charge >= 0.3 is 0 Å². The van der Waals surface area contributed by atoms with Gasteiger partial charge in [0.25, 0.3) is 0 Å². The van der Waals surface area contributed by atoms with Crippen molar-refractivity contribution in [3.05, 3.63) is 35.5 Å². The Morgan fingerprint density at radius 1 is 1.27 bits per heavy atom. The predicted molar refractivity (Wildman–Crippen MR) is 65.2 cm³/mol. The molecule has 2 heteroatoms. The summed E-state index contributed by atoms with van der Waals surface area (Å²) in [5.41, 5.74) is 3.87. The Hall–Kier alpha value is -1.28. The van der Waals surface area contributed by atoms with Crippen LogP contribution in [0.4, 0.5) is 0 Å². The summed E-state index contributed by atoms with van der Waals surface area (Å²) in [4.78, 5) is 3.40. The highest BCUT2D eigenvalue weighted by Gasteiger charge is 2.03. The van der Waals surface area contributed by atoms with E-state index in [1.807, 2.05) is 7.05 Å². The van der Waals surface area contributed by atoms with Gasteiger partial charge in [-0.25, -0.2) is 0 Å². The van der Waals surface area contributed by atoms with Crippen molar-refractivity contribution in [1.29, 1.82) is 0 Å². The standard InChI is InChI=1S/C13H18N2/c1-9(2)10-4-5-13-11(6-10)7-12(15-13)8-14-3/h4-7,9,14-15H,8H2,1-3H3. The van der Waals surface area contributed by atoms with Gasteiger partial charge in [-0.1, -0.05) is 19.9 Å². The molecule has 0 amide bonds. The van der Waals surface area contributed by atoms with Gasteiger partial charge in [0.1, 0.15) is 0 Å². The second-order valence-corrected chi connectivity index (χ2v) is 4.33. The first-order valence-corrected chi connectivity index (χ1v) is 5.47. The number of H-pyrrole nitrogens is 1. The summed E-state index contributed by atoms with van der Waals surface area (Å²) in [6, 6.07) is 8.86. The fraction of sp³-hybridized carbons (Fsp3) is 0.385. The zero-order chi connectivity index (χ0) is 10.8. The zero-order valence-electron chi connectivity index (χ0n) is 9.59. The average Bonchev–Trinajstić information content (AvgIpc) is 2.59. The summed E-state index contributed by atoms with van der Waals surface area (Å²) in [6.07, 6.45) is 0. The van der Waals surface area contributed by atoms with Gasteiger partial charge in [0.15, 0.2) is 0 Å².